The molecule has 1 atom stereocenters. The average Bonchev–Trinajstić information content (AvgIpc) is 3.19. The molecular weight excluding hydrogens is 360 g/mol. The van der Waals surface area contributed by atoms with Crippen molar-refractivity contribution >= 4 is 29.0 Å². The van der Waals surface area contributed by atoms with Crippen molar-refractivity contribution in [1.82, 2.24) is 10.2 Å². The second kappa shape index (κ2) is 9.11. The summed E-state index contributed by atoms with van der Waals surface area (Å²) in [5.74, 6) is 0. The Labute approximate surface area is 166 Å². The van der Waals surface area contributed by atoms with Gasteiger partial charge in [-0.2, -0.15) is 0 Å². The van der Waals surface area contributed by atoms with Crippen molar-refractivity contribution in [2.75, 3.05) is 43.9 Å². The van der Waals surface area contributed by atoms with Crippen LogP contribution in [-0.4, -0.2) is 44.7 Å². The number of rotatable bonds is 6. The van der Waals surface area contributed by atoms with Gasteiger partial charge in [-0.1, -0.05) is 23.7 Å². The van der Waals surface area contributed by atoms with E-state index in [1.807, 2.05) is 14.1 Å². The highest BCUT2D eigenvalue weighted by atomic mass is 35.5. The van der Waals surface area contributed by atoms with E-state index in [4.69, 9.17) is 11.6 Å². The molecule has 2 amide bonds. The molecular formula is C21H27ClN4O. The summed E-state index contributed by atoms with van der Waals surface area (Å²) in [7, 11) is 4.07. The molecule has 3 rings (SSSR count). The van der Waals surface area contributed by atoms with Gasteiger partial charge in [0.15, 0.2) is 0 Å². The number of nitrogens with one attached hydrogen (secondary N) is 2. The van der Waals surface area contributed by atoms with Crippen molar-refractivity contribution in [2.24, 2.45) is 0 Å². The zero-order chi connectivity index (χ0) is 19.2. The number of carbonyl (C=O) groups is 1. The van der Waals surface area contributed by atoms with Crippen LogP contribution in [0.25, 0.3) is 0 Å². The first-order valence-corrected chi connectivity index (χ1v) is 9.72. The first kappa shape index (κ1) is 19.5. The molecule has 144 valence electrons. The lowest BCUT2D eigenvalue weighted by Crippen LogP contribution is -2.38. The third-order valence-corrected chi connectivity index (χ3v) is 5.19. The van der Waals surface area contributed by atoms with Crippen LogP contribution in [0.2, 0.25) is 5.02 Å². The Morgan fingerprint density at radius 1 is 1.07 bits per heavy atom. The molecule has 2 aromatic carbocycles. The van der Waals surface area contributed by atoms with Gasteiger partial charge in [0.1, 0.15) is 0 Å². The van der Waals surface area contributed by atoms with Crippen LogP contribution in [0.3, 0.4) is 0 Å². The monoisotopic (exact) mass is 386 g/mol. The number of amides is 2. The standard InChI is InChI=1S/C21H27ClN4O/c1-25(2)19-11-5-16(6-12-19)20(26-13-3-4-14-26)15-23-21(27)24-18-9-7-17(22)8-10-18/h5-12,20H,3-4,13-15H2,1-2H3,(H2,23,24,27)/t20-/m0/s1. The predicted octanol–water partition coefficient (Wildman–Crippen LogP) is 4.36. The molecule has 1 fully saturated rings. The fourth-order valence-electron chi connectivity index (χ4n) is 3.40. The molecule has 0 spiro atoms. The molecule has 0 saturated carbocycles. The van der Waals surface area contributed by atoms with Crippen LogP contribution in [0.15, 0.2) is 48.5 Å². The van der Waals surface area contributed by atoms with E-state index < -0.39 is 0 Å². The molecule has 0 bridgehead atoms. The van der Waals surface area contributed by atoms with E-state index in [0.717, 1.165) is 18.8 Å². The lowest BCUT2D eigenvalue weighted by Gasteiger charge is -2.28. The van der Waals surface area contributed by atoms with Crippen molar-refractivity contribution in [3.63, 3.8) is 0 Å². The lowest BCUT2D eigenvalue weighted by molar-refractivity contribution is 0.227. The van der Waals surface area contributed by atoms with E-state index >= 15 is 0 Å². The number of likely N-dealkylation sites (tertiary alicyclic amines) is 1. The number of hydrogen-bond acceptors (Lipinski definition) is 3. The third kappa shape index (κ3) is 5.37. The molecule has 5 nitrogen and oxygen atoms in total. The van der Waals surface area contributed by atoms with Gasteiger partial charge in [0, 0.05) is 37.0 Å². The Bertz CT molecular complexity index is 740. The van der Waals surface area contributed by atoms with Crippen LogP contribution in [-0.2, 0) is 0 Å². The highest BCUT2D eigenvalue weighted by molar-refractivity contribution is 6.30. The lowest BCUT2D eigenvalue weighted by atomic mass is 10.0. The maximum Gasteiger partial charge on any atom is 0.319 e. The molecule has 0 aromatic heterocycles. The van der Waals surface area contributed by atoms with Crippen molar-refractivity contribution < 1.29 is 4.79 Å². The van der Waals surface area contributed by atoms with Crippen LogP contribution < -0.4 is 15.5 Å². The molecule has 2 aromatic rings. The maximum absolute atomic E-state index is 12.3. The summed E-state index contributed by atoms with van der Waals surface area (Å²) >= 11 is 5.89. The van der Waals surface area contributed by atoms with Crippen molar-refractivity contribution in [2.45, 2.75) is 18.9 Å². The fourth-order valence-corrected chi connectivity index (χ4v) is 3.53. The van der Waals surface area contributed by atoms with E-state index in [-0.39, 0.29) is 12.1 Å². The zero-order valence-electron chi connectivity index (χ0n) is 15.9. The molecule has 27 heavy (non-hydrogen) atoms. The predicted molar refractivity (Wildman–Crippen MR) is 113 cm³/mol. The molecule has 0 unspecified atom stereocenters. The van der Waals surface area contributed by atoms with E-state index in [0.29, 0.717) is 11.6 Å². The molecule has 1 saturated heterocycles. The first-order valence-electron chi connectivity index (χ1n) is 9.35. The molecule has 1 heterocycles. The van der Waals surface area contributed by atoms with Gasteiger partial charge in [0.05, 0.1) is 6.04 Å². The number of carbonyl (C=O) groups excluding carboxylic acids is 1. The van der Waals surface area contributed by atoms with Gasteiger partial charge in [-0.15, -0.1) is 0 Å². The quantitative estimate of drug-likeness (QED) is 0.775. The second-order valence-corrected chi connectivity index (χ2v) is 7.52. The van der Waals surface area contributed by atoms with Crippen LogP contribution >= 0.6 is 11.6 Å². The van der Waals surface area contributed by atoms with Crippen molar-refractivity contribution in [3.8, 4) is 0 Å². The smallest absolute Gasteiger partial charge is 0.319 e. The van der Waals surface area contributed by atoms with E-state index in [9.17, 15) is 4.79 Å². The molecule has 6 heteroatoms. The fraction of sp³-hybridized carbons (Fsp3) is 0.381. The van der Waals surface area contributed by atoms with Gasteiger partial charge in [0.2, 0.25) is 0 Å². The van der Waals surface area contributed by atoms with Gasteiger partial charge in [-0.25, -0.2) is 4.79 Å². The Kier molecular flexibility index (Phi) is 6.58. The summed E-state index contributed by atoms with van der Waals surface area (Å²) in [5.41, 5.74) is 3.13. The first-order chi connectivity index (χ1) is 13.0. The normalized spacial score (nSPS) is 15.4. The number of urea groups is 1. The maximum atomic E-state index is 12.3. The van der Waals surface area contributed by atoms with Gasteiger partial charge in [-0.05, 0) is 67.9 Å². The average molecular weight is 387 g/mol. The second-order valence-electron chi connectivity index (χ2n) is 7.09. The highest BCUT2D eigenvalue weighted by Crippen LogP contribution is 2.26. The van der Waals surface area contributed by atoms with E-state index in [1.54, 1.807) is 24.3 Å². The number of nitrogens with zero attached hydrogens (tertiary/aromatic N) is 2. The highest BCUT2D eigenvalue weighted by Gasteiger charge is 2.24. The van der Waals surface area contributed by atoms with Gasteiger partial charge >= 0.3 is 6.03 Å². The Hall–Kier alpha value is -2.24. The molecule has 1 aliphatic heterocycles. The van der Waals surface area contributed by atoms with Crippen molar-refractivity contribution in [3.05, 3.63) is 59.1 Å². The number of hydrogen-bond donors (Lipinski definition) is 2. The van der Waals surface area contributed by atoms with E-state index in [1.165, 1.54) is 24.1 Å². The summed E-state index contributed by atoms with van der Waals surface area (Å²) in [6, 6.07) is 15.7. The van der Waals surface area contributed by atoms with Crippen LogP contribution in [0.4, 0.5) is 16.2 Å². The molecule has 0 aliphatic carbocycles. The Morgan fingerprint density at radius 2 is 1.70 bits per heavy atom. The minimum absolute atomic E-state index is 0.180. The largest absolute Gasteiger partial charge is 0.378 e. The van der Waals surface area contributed by atoms with Crippen molar-refractivity contribution in [1.29, 1.82) is 0 Å². The van der Waals surface area contributed by atoms with E-state index in [2.05, 4.69) is 44.7 Å². The van der Waals surface area contributed by atoms with Crippen LogP contribution in [0, 0.1) is 0 Å². The Balaban J connectivity index is 1.64. The summed E-state index contributed by atoms with van der Waals surface area (Å²) in [6.45, 7) is 2.71. The summed E-state index contributed by atoms with van der Waals surface area (Å²) in [5, 5.41) is 6.53. The van der Waals surface area contributed by atoms with Gasteiger partial charge < -0.3 is 15.5 Å². The number of anilines is 2. The summed E-state index contributed by atoms with van der Waals surface area (Å²) in [4.78, 5) is 16.9. The minimum atomic E-state index is -0.202. The molecule has 2 N–H and O–H groups in total. The van der Waals surface area contributed by atoms with Crippen LogP contribution in [0.1, 0.15) is 24.4 Å². The zero-order valence-corrected chi connectivity index (χ0v) is 16.7. The minimum Gasteiger partial charge on any atom is -0.378 e. The number of benzene rings is 2. The molecule has 0 radical (unpaired) electrons. The topological polar surface area (TPSA) is 47.6 Å². The summed E-state index contributed by atoms with van der Waals surface area (Å²) < 4.78 is 0. The SMILES string of the molecule is CN(C)c1ccc([C@H](CNC(=O)Nc2ccc(Cl)cc2)N2CCCC2)cc1. The Morgan fingerprint density at radius 3 is 2.30 bits per heavy atom. The van der Waals surface area contributed by atoms with Gasteiger partial charge in [-0.3, -0.25) is 4.90 Å². The van der Waals surface area contributed by atoms with Gasteiger partial charge in [0.25, 0.3) is 0 Å². The molecule has 1 aliphatic rings. The van der Waals surface area contributed by atoms with Crippen LogP contribution in [0.5, 0.6) is 0 Å². The number of halogens is 1. The third-order valence-electron chi connectivity index (χ3n) is 4.93. The summed E-state index contributed by atoms with van der Waals surface area (Å²) in [6.07, 6.45) is 2.42.